The fourth-order valence-electron chi connectivity index (χ4n) is 2.87. The lowest BCUT2D eigenvalue weighted by Gasteiger charge is -2.14. The van der Waals surface area contributed by atoms with Crippen LogP contribution in [0.5, 0.6) is 11.5 Å². The average molecular weight is 362 g/mol. The topological polar surface area (TPSA) is 63.4 Å². The van der Waals surface area contributed by atoms with Crippen LogP contribution in [0.3, 0.4) is 0 Å². The molecule has 0 aliphatic carbocycles. The molecule has 0 atom stereocenters. The Morgan fingerprint density at radius 3 is 2.73 bits per heavy atom. The molecule has 0 radical (unpaired) electrons. The lowest BCUT2D eigenvalue weighted by molar-refractivity contribution is -0.136. The Hall–Kier alpha value is -3.16. The molecule has 1 aliphatic heterocycles. The summed E-state index contributed by atoms with van der Waals surface area (Å²) in [6.45, 7) is 0.107. The summed E-state index contributed by atoms with van der Waals surface area (Å²) in [5.41, 5.74) is -0.0422. The lowest BCUT2D eigenvalue weighted by atomic mass is 10.1. The van der Waals surface area contributed by atoms with Gasteiger partial charge in [-0.05, 0) is 35.9 Å². The summed E-state index contributed by atoms with van der Waals surface area (Å²) in [4.78, 5) is 15.1. The average Bonchev–Trinajstić information content (AvgIpc) is 3.20. The third-order valence-corrected chi connectivity index (χ3v) is 4.07. The molecule has 0 saturated heterocycles. The predicted molar refractivity (Wildman–Crippen MR) is 88.2 cm³/mol. The number of rotatable bonds is 3. The zero-order valence-corrected chi connectivity index (χ0v) is 13.3. The van der Waals surface area contributed by atoms with Crippen molar-refractivity contribution in [1.82, 2.24) is 4.98 Å². The molecule has 3 aromatic rings. The first-order chi connectivity index (χ1) is 12.4. The minimum atomic E-state index is -4.58. The van der Waals surface area contributed by atoms with Gasteiger partial charge in [0.2, 0.25) is 12.7 Å². The van der Waals surface area contributed by atoms with E-state index in [-0.39, 0.29) is 18.9 Å². The molecule has 4 rings (SSSR count). The van der Waals surface area contributed by atoms with Crippen LogP contribution in [0.2, 0.25) is 0 Å². The highest BCUT2D eigenvalue weighted by Gasteiger charge is 2.34. The van der Waals surface area contributed by atoms with Crippen LogP contribution in [-0.4, -0.2) is 17.7 Å². The summed E-state index contributed by atoms with van der Waals surface area (Å²) in [5, 5.41) is 2.79. The van der Waals surface area contributed by atoms with Gasteiger partial charge in [0.05, 0.1) is 17.7 Å². The van der Waals surface area contributed by atoms with Gasteiger partial charge in [0.15, 0.2) is 11.5 Å². The number of alkyl halides is 3. The van der Waals surface area contributed by atoms with E-state index in [0.29, 0.717) is 28.0 Å². The van der Waals surface area contributed by atoms with E-state index in [1.54, 1.807) is 30.5 Å². The lowest BCUT2D eigenvalue weighted by Crippen LogP contribution is -2.18. The van der Waals surface area contributed by atoms with E-state index in [1.165, 1.54) is 6.07 Å². The molecule has 0 bridgehead atoms. The van der Waals surface area contributed by atoms with Crippen LogP contribution in [0.25, 0.3) is 10.9 Å². The van der Waals surface area contributed by atoms with Gasteiger partial charge in [-0.3, -0.25) is 4.79 Å². The fourth-order valence-corrected chi connectivity index (χ4v) is 2.87. The second-order valence-corrected chi connectivity index (χ2v) is 5.87. The molecule has 2 N–H and O–H groups in total. The molecule has 1 aliphatic rings. The van der Waals surface area contributed by atoms with Gasteiger partial charge in [-0.2, -0.15) is 13.2 Å². The van der Waals surface area contributed by atoms with Crippen molar-refractivity contribution in [3.8, 4) is 11.5 Å². The van der Waals surface area contributed by atoms with Crippen molar-refractivity contribution in [2.45, 2.75) is 12.6 Å². The van der Waals surface area contributed by atoms with Crippen molar-refractivity contribution in [2.24, 2.45) is 0 Å². The van der Waals surface area contributed by atoms with Crippen LogP contribution >= 0.6 is 0 Å². The van der Waals surface area contributed by atoms with Gasteiger partial charge in [-0.1, -0.05) is 6.07 Å². The maximum absolute atomic E-state index is 13.3. The summed E-state index contributed by atoms with van der Waals surface area (Å²) >= 11 is 0. The van der Waals surface area contributed by atoms with Crippen molar-refractivity contribution in [1.29, 1.82) is 0 Å². The standard InChI is InChI=1S/C18H13F3N2O3/c19-18(20,21)12-7-11-3-4-22-13(11)8-14(12)23-17(24)6-10-1-2-15-16(5-10)26-9-25-15/h1-5,7-8,22H,6,9H2,(H,23,24). The van der Waals surface area contributed by atoms with Crippen LogP contribution in [0.4, 0.5) is 18.9 Å². The number of hydrogen-bond acceptors (Lipinski definition) is 3. The molecule has 0 fully saturated rings. The summed E-state index contributed by atoms with van der Waals surface area (Å²) < 4.78 is 50.4. The number of ether oxygens (including phenoxy) is 2. The Labute approximate surface area is 145 Å². The number of amides is 1. The zero-order chi connectivity index (χ0) is 18.3. The second-order valence-electron chi connectivity index (χ2n) is 5.87. The second kappa shape index (κ2) is 5.98. The number of halogens is 3. The minimum Gasteiger partial charge on any atom is -0.454 e. The highest BCUT2D eigenvalue weighted by Crippen LogP contribution is 2.37. The Morgan fingerprint density at radius 2 is 1.92 bits per heavy atom. The number of aromatic nitrogens is 1. The van der Waals surface area contributed by atoms with Gasteiger partial charge in [0.1, 0.15) is 0 Å². The van der Waals surface area contributed by atoms with E-state index in [0.717, 1.165) is 6.07 Å². The third-order valence-electron chi connectivity index (χ3n) is 4.07. The Kier molecular flexibility index (Phi) is 3.75. The first-order valence-corrected chi connectivity index (χ1v) is 7.77. The number of anilines is 1. The molecular formula is C18H13F3N2O3. The molecular weight excluding hydrogens is 349 g/mol. The number of hydrogen-bond donors (Lipinski definition) is 2. The monoisotopic (exact) mass is 362 g/mol. The largest absolute Gasteiger partial charge is 0.454 e. The summed E-state index contributed by atoms with van der Waals surface area (Å²) in [5.74, 6) is 0.532. The van der Waals surface area contributed by atoms with Gasteiger partial charge >= 0.3 is 6.18 Å². The molecule has 0 spiro atoms. The maximum Gasteiger partial charge on any atom is 0.418 e. The van der Waals surface area contributed by atoms with Gasteiger partial charge in [-0.25, -0.2) is 0 Å². The van der Waals surface area contributed by atoms with Crippen LogP contribution in [0.15, 0.2) is 42.6 Å². The maximum atomic E-state index is 13.3. The van der Waals surface area contributed by atoms with E-state index in [4.69, 9.17) is 9.47 Å². The summed E-state index contributed by atoms with van der Waals surface area (Å²) in [6, 6.07) is 8.82. The number of carbonyl (C=O) groups is 1. The molecule has 2 heterocycles. The predicted octanol–water partition coefficient (Wildman–Crippen LogP) is 4.10. The molecule has 1 amide bonds. The fraction of sp³-hybridized carbons (Fsp3) is 0.167. The molecule has 26 heavy (non-hydrogen) atoms. The van der Waals surface area contributed by atoms with Crippen LogP contribution in [0.1, 0.15) is 11.1 Å². The smallest absolute Gasteiger partial charge is 0.418 e. The van der Waals surface area contributed by atoms with Gasteiger partial charge < -0.3 is 19.8 Å². The molecule has 2 aromatic carbocycles. The SMILES string of the molecule is O=C(Cc1ccc2c(c1)OCO2)Nc1cc2[nH]ccc2cc1C(F)(F)F. The Balaban J connectivity index is 1.59. The van der Waals surface area contributed by atoms with Gasteiger partial charge in [-0.15, -0.1) is 0 Å². The van der Waals surface area contributed by atoms with Crippen molar-refractivity contribution in [3.63, 3.8) is 0 Å². The first-order valence-electron chi connectivity index (χ1n) is 7.77. The summed E-state index contributed by atoms with van der Waals surface area (Å²) in [6.07, 6.45) is -3.12. The molecule has 134 valence electrons. The number of H-pyrrole nitrogens is 1. The van der Waals surface area contributed by atoms with Crippen LogP contribution in [-0.2, 0) is 17.4 Å². The van der Waals surface area contributed by atoms with Crippen molar-refractivity contribution in [3.05, 3.63) is 53.7 Å². The first kappa shape index (κ1) is 16.3. The highest BCUT2D eigenvalue weighted by molar-refractivity contribution is 5.96. The van der Waals surface area contributed by atoms with Crippen molar-refractivity contribution in [2.75, 3.05) is 12.1 Å². The van der Waals surface area contributed by atoms with E-state index in [1.807, 2.05) is 0 Å². The van der Waals surface area contributed by atoms with E-state index < -0.39 is 17.6 Å². The van der Waals surface area contributed by atoms with Gasteiger partial charge in [0, 0.05) is 17.1 Å². The van der Waals surface area contributed by atoms with Gasteiger partial charge in [0.25, 0.3) is 0 Å². The number of carbonyl (C=O) groups excluding carboxylic acids is 1. The number of fused-ring (bicyclic) bond motifs is 2. The Bertz CT molecular complexity index is 995. The van der Waals surface area contributed by atoms with Crippen LogP contribution in [0, 0.1) is 0 Å². The molecule has 1 aromatic heterocycles. The third kappa shape index (κ3) is 3.05. The van der Waals surface area contributed by atoms with E-state index in [2.05, 4.69) is 10.3 Å². The molecule has 0 unspecified atom stereocenters. The highest BCUT2D eigenvalue weighted by atomic mass is 19.4. The molecule has 8 heteroatoms. The molecule has 0 saturated carbocycles. The number of nitrogens with one attached hydrogen (secondary N) is 2. The Morgan fingerprint density at radius 1 is 1.12 bits per heavy atom. The zero-order valence-electron chi connectivity index (χ0n) is 13.3. The number of aromatic amines is 1. The van der Waals surface area contributed by atoms with E-state index >= 15 is 0 Å². The van der Waals surface area contributed by atoms with Crippen LogP contribution < -0.4 is 14.8 Å². The normalized spacial score (nSPS) is 13.2. The van der Waals surface area contributed by atoms with E-state index in [9.17, 15) is 18.0 Å². The summed E-state index contributed by atoms with van der Waals surface area (Å²) in [7, 11) is 0. The van der Waals surface area contributed by atoms with Crippen molar-refractivity contribution < 1.29 is 27.4 Å². The number of benzene rings is 2. The quantitative estimate of drug-likeness (QED) is 0.737. The van der Waals surface area contributed by atoms with Crippen molar-refractivity contribution >= 4 is 22.5 Å². The minimum absolute atomic E-state index is 0.0866. The molecule has 5 nitrogen and oxygen atoms in total.